The molecular formula is C19H24N2OS. The highest BCUT2D eigenvalue weighted by Gasteiger charge is 2.20. The van der Waals surface area contributed by atoms with E-state index in [2.05, 4.69) is 47.5 Å². The number of carbonyl (C=O) groups excluding carboxylic acids is 1. The molecule has 1 aliphatic heterocycles. The first kappa shape index (κ1) is 16.2. The molecule has 1 saturated heterocycles. The van der Waals surface area contributed by atoms with Gasteiger partial charge in [-0.05, 0) is 30.4 Å². The largest absolute Gasteiger partial charge is 0.340 e. The second-order valence-corrected chi connectivity index (χ2v) is 7.25. The van der Waals surface area contributed by atoms with E-state index in [-0.39, 0.29) is 0 Å². The average molecular weight is 328 g/mol. The lowest BCUT2D eigenvalue weighted by Crippen LogP contribution is -2.48. The van der Waals surface area contributed by atoms with Gasteiger partial charge in [0.25, 0.3) is 0 Å². The molecule has 23 heavy (non-hydrogen) atoms. The Balaban J connectivity index is 1.42. The number of rotatable bonds is 5. The third-order valence-corrected chi connectivity index (χ3v) is 5.35. The van der Waals surface area contributed by atoms with E-state index in [1.165, 1.54) is 16.0 Å². The third-order valence-electron chi connectivity index (χ3n) is 4.42. The minimum absolute atomic E-state index is 0.299. The van der Waals surface area contributed by atoms with Crippen LogP contribution in [0.3, 0.4) is 0 Å². The molecule has 0 N–H and O–H groups in total. The van der Waals surface area contributed by atoms with Gasteiger partial charge in [-0.15, -0.1) is 11.3 Å². The number of thiophene rings is 1. The monoisotopic (exact) mass is 328 g/mol. The van der Waals surface area contributed by atoms with Crippen LogP contribution in [-0.2, 0) is 17.8 Å². The topological polar surface area (TPSA) is 23.6 Å². The summed E-state index contributed by atoms with van der Waals surface area (Å²) < 4.78 is 0. The highest BCUT2D eigenvalue weighted by atomic mass is 32.1. The van der Waals surface area contributed by atoms with Crippen LogP contribution in [0.1, 0.15) is 22.4 Å². The maximum Gasteiger partial charge on any atom is 0.223 e. The van der Waals surface area contributed by atoms with Gasteiger partial charge in [-0.3, -0.25) is 9.69 Å². The number of hydrogen-bond acceptors (Lipinski definition) is 3. The van der Waals surface area contributed by atoms with Crippen molar-refractivity contribution >= 4 is 17.2 Å². The van der Waals surface area contributed by atoms with Gasteiger partial charge < -0.3 is 4.90 Å². The van der Waals surface area contributed by atoms with Crippen LogP contribution in [0, 0.1) is 6.92 Å². The van der Waals surface area contributed by atoms with Crippen molar-refractivity contribution < 1.29 is 4.79 Å². The van der Waals surface area contributed by atoms with Crippen molar-refractivity contribution in [1.82, 2.24) is 9.80 Å². The number of piperazine rings is 1. The molecular weight excluding hydrogens is 304 g/mol. The zero-order chi connectivity index (χ0) is 16.1. The van der Waals surface area contributed by atoms with E-state index in [4.69, 9.17) is 0 Å². The minimum atomic E-state index is 0.299. The van der Waals surface area contributed by atoms with Gasteiger partial charge in [0, 0.05) is 44.0 Å². The Hall–Kier alpha value is -1.65. The van der Waals surface area contributed by atoms with Crippen molar-refractivity contribution in [1.29, 1.82) is 0 Å². The summed E-state index contributed by atoms with van der Waals surface area (Å²) in [6.45, 7) is 6.75. The van der Waals surface area contributed by atoms with Crippen molar-refractivity contribution in [2.24, 2.45) is 0 Å². The van der Waals surface area contributed by atoms with Crippen LogP contribution in [-0.4, -0.2) is 41.9 Å². The van der Waals surface area contributed by atoms with Crippen LogP contribution in [0.15, 0.2) is 41.8 Å². The number of aryl methyl sites for hydroxylation is 2. The fraction of sp³-hybridized carbons (Fsp3) is 0.421. The van der Waals surface area contributed by atoms with Gasteiger partial charge in [-0.25, -0.2) is 0 Å². The average Bonchev–Trinajstić information content (AvgIpc) is 3.09. The molecule has 0 aliphatic carbocycles. The molecule has 0 bridgehead atoms. The molecule has 122 valence electrons. The lowest BCUT2D eigenvalue weighted by Gasteiger charge is -2.34. The minimum Gasteiger partial charge on any atom is -0.340 e. The summed E-state index contributed by atoms with van der Waals surface area (Å²) in [5, 5.41) is 2.07. The molecule has 0 spiro atoms. The number of nitrogens with zero attached hydrogens (tertiary/aromatic N) is 2. The van der Waals surface area contributed by atoms with E-state index in [1.807, 2.05) is 11.0 Å². The second kappa shape index (κ2) is 7.75. The quantitative estimate of drug-likeness (QED) is 0.840. The number of amides is 1. The highest BCUT2D eigenvalue weighted by Crippen LogP contribution is 2.14. The summed E-state index contributed by atoms with van der Waals surface area (Å²) in [7, 11) is 0. The van der Waals surface area contributed by atoms with Crippen LogP contribution in [0.4, 0.5) is 0 Å². The zero-order valence-corrected chi connectivity index (χ0v) is 14.5. The maximum atomic E-state index is 12.3. The van der Waals surface area contributed by atoms with E-state index in [0.29, 0.717) is 12.3 Å². The molecule has 1 aliphatic rings. The lowest BCUT2D eigenvalue weighted by atomic mass is 10.1. The normalized spacial score (nSPS) is 15.8. The van der Waals surface area contributed by atoms with Gasteiger partial charge >= 0.3 is 0 Å². The molecule has 1 amide bonds. The first-order valence-corrected chi connectivity index (χ1v) is 9.17. The number of hydrogen-bond donors (Lipinski definition) is 0. The Morgan fingerprint density at radius 2 is 1.83 bits per heavy atom. The van der Waals surface area contributed by atoms with Crippen LogP contribution in [0.2, 0.25) is 0 Å². The van der Waals surface area contributed by atoms with Crippen molar-refractivity contribution in [3.8, 4) is 0 Å². The van der Waals surface area contributed by atoms with E-state index in [0.717, 1.165) is 39.1 Å². The molecule has 0 radical (unpaired) electrons. The van der Waals surface area contributed by atoms with Crippen molar-refractivity contribution in [3.05, 3.63) is 57.8 Å². The lowest BCUT2D eigenvalue weighted by molar-refractivity contribution is -0.132. The summed E-state index contributed by atoms with van der Waals surface area (Å²) in [5.74, 6) is 0.299. The van der Waals surface area contributed by atoms with Gasteiger partial charge in [-0.1, -0.05) is 35.9 Å². The Morgan fingerprint density at radius 1 is 1.09 bits per heavy atom. The van der Waals surface area contributed by atoms with E-state index in [9.17, 15) is 4.79 Å². The molecule has 1 aromatic heterocycles. The number of carbonyl (C=O) groups is 1. The molecule has 3 nitrogen and oxygen atoms in total. The SMILES string of the molecule is Cc1ccc(CN2CCN(C(=O)CCc3cccs3)CC2)cc1. The predicted molar refractivity (Wildman–Crippen MR) is 95.7 cm³/mol. The molecule has 3 rings (SSSR count). The predicted octanol–water partition coefficient (Wildman–Crippen LogP) is 3.33. The molecule has 0 atom stereocenters. The van der Waals surface area contributed by atoms with Crippen LogP contribution in [0.5, 0.6) is 0 Å². The van der Waals surface area contributed by atoms with E-state index >= 15 is 0 Å². The summed E-state index contributed by atoms with van der Waals surface area (Å²) in [6, 6.07) is 12.9. The van der Waals surface area contributed by atoms with Crippen LogP contribution >= 0.6 is 11.3 Å². The molecule has 4 heteroatoms. The Labute approximate surface area is 142 Å². The van der Waals surface area contributed by atoms with E-state index in [1.54, 1.807) is 11.3 Å². The Bertz CT molecular complexity index is 613. The van der Waals surface area contributed by atoms with Gasteiger partial charge in [-0.2, -0.15) is 0 Å². The molecule has 2 aromatic rings. The van der Waals surface area contributed by atoms with Crippen LogP contribution < -0.4 is 0 Å². The molecule has 1 fully saturated rings. The first-order valence-electron chi connectivity index (χ1n) is 8.29. The van der Waals surface area contributed by atoms with Gasteiger partial charge in [0.1, 0.15) is 0 Å². The summed E-state index contributed by atoms with van der Waals surface area (Å²) in [4.78, 5) is 18.1. The van der Waals surface area contributed by atoms with Crippen molar-refractivity contribution in [2.45, 2.75) is 26.3 Å². The molecule has 0 unspecified atom stereocenters. The zero-order valence-electron chi connectivity index (χ0n) is 13.7. The molecule has 0 saturated carbocycles. The van der Waals surface area contributed by atoms with Gasteiger partial charge in [0.2, 0.25) is 5.91 Å². The molecule has 2 heterocycles. The van der Waals surface area contributed by atoms with Gasteiger partial charge in [0.15, 0.2) is 0 Å². The number of benzene rings is 1. The van der Waals surface area contributed by atoms with Crippen molar-refractivity contribution in [2.75, 3.05) is 26.2 Å². The smallest absolute Gasteiger partial charge is 0.223 e. The third kappa shape index (κ3) is 4.66. The van der Waals surface area contributed by atoms with E-state index < -0.39 is 0 Å². The summed E-state index contributed by atoms with van der Waals surface area (Å²) in [5.41, 5.74) is 2.66. The maximum absolute atomic E-state index is 12.3. The Morgan fingerprint density at radius 3 is 2.48 bits per heavy atom. The first-order chi connectivity index (χ1) is 11.2. The van der Waals surface area contributed by atoms with Crippen molar-refractivity contribution in [3.63, 3.8) is 0 Å². The fourth-order valence-corrected chi connectivity index (χ4v) is 3.66. The second-order valence-electron chi connectivity index (χ2n) is 6.22. The summed E-state index contributed by atoms with van der Waals surface area (Å²) >= 11 is 1.74. The fourth-order valence-electron chi connectivity index (χ4n) is 2.95. The standard InChI is InChI=1S/C19H24N2OS/c1-16-4-6-17(7-5-16)15-20-10-12-21(13-11-20)19(22)9-8-18-3-2-14-23-18/h2-7,14H,8-13,15H2,1H3. The highest BCUT2D eigenvalue weighted by molar-refractivity contribution is 7.09. The molecule has 1 aromatic carbocycles. The van der Waals surface area contributed by atoms with Crippen LogP contribution in [0.25, 0.3) is 0 Å². The Kier molecular flexibility index (Phi) is 5.47. The van der Waals surface area contributed by atoms with Gasteiger partial charge in [0.05, 0.1) is 0 Å². The summed E-state index contributed by atoms with van der Waals surface area (Å²) in [6.07, 6.45) is 1.51.